The SMILES string of the molecule is CCCn1cc(C(NC)c2cnn(C)c2)cn1. The van der Waals surface area contributed by atoms with Gasteiger partial charge in [-0.3, -0.25) is 9.36 Å². The van der Waals surface area contributed by atoms with E-state index >= 15 is 0 Å². The summed E-state index contributed by atoms with van der Waals surface area (Å²) in [5.74, 6) is 0. The minimum atomic E-state index is 0.161. The van der Waals surface area contributed by atoms with E-state index in [0.29, 0.717) is 0 Å². The van der Waals surface area contributed by atoms with Gasteiger partial charge in [0.05, 0.1) is 18.4 Å². The highest BCUT2D eigenvalue weighted by atomic mass is 15.3. The molecule has 2 heterocycles. The maximum atomic E-state index is 4.36. The van der Waals surface area contributed by atoms with Crippen LogP contribution in [0.5, 0.6) is 0 Å². The molecule has 0 aliphatic carbocycles. The predicted molar refractivity (Wildman–Crippen MR) is 66.6 cm³/mol. The topological polar surface area (TPSA) is 47.7 Å². The normalized spacial score (nSPS) is 12.9. The summed E-state index contributed by atoms with van der Waals surface area (Å²) in [7, 11) is 3.88. The van der Waals surface area contributed by atoms with Crippen LogP contribution >= 0.6 is 0 Å². The third kappa shape index (κ3) is 2.55. The fourth-order valence-electron chi connectivity index (χ4n) is 2.00. The molecule has 0 aliphatic rings. The zero-order valence-corrected chi connectivity index (χ0v) is 10.6. The molecule has 1 atom stereocenters. The molecule has 0 spiro atoms. The Kier molecular flexibility index (Phi) is 3.58. The Morgan fingerprint density at radius 1 is 1.24 bits per heavy atom. The van der Waals surface area contributed by atoms with Gasteiger partial charge in [0.25, 0.3) is 0 Å². The molecule has 0 fully saturated rings. The highest BCUT2D eigenvalue weighted by molar-refractivity contribution is 5.25. The second-order valence-corrected chi connectivity index (χ2v) is 4.21. The molecule has 2 rings (SSSR count). The van der Waals surface area contributed by atoms with Gasteiger partial charge in [-0.15, -0.1) is 0 Å². The molecule has 17 heavy (non-hydrogen) atoms. The fourth-order valence-corrected chi connectivity index (χ4v) is 2.00. The van der Waals surface area contributed by atoms with Gasteiger partial charge in [0.2, 0.25) is 0 Å². The smallest absolute Gasteiger partial charge is 0.0636 e. The van der Waals surface area contributed by atoms with Crippen LogP contribution in [0.2, 0.25) is 0 Å². The largest absolute Gasteiger partial charge is 0.309 e. The molecular formula is C12H19N5. The number of hydrogen-bond acceptors (Lipinski definition) is 3. The van der Waals surface area contributed by atoms with E-state index in [1.807, 2.05) is 42.0 Å². The van der Waals surface area contributed by atoms with Crippen LogP contribution in [0, 0.1) is 0 Å². The zero-order chi connectivity index (χ0) is 12.3. The standard InChI is InChI=1S/C12H19N5/c1-4-5-17-9-11(7-15-17)12(13-2)10-6-14-16(3)8-10/h6-9,12-13H,4-5H2,1-3H3. The van der Waals surface area contributed by atoms with Crippen molar-refractivity contribution in [1.82, 2.24) is 24.9 Å². The number of hydrogen-bond donors (Lipinski definition) is 1. The lowest BCUT2D eigenvalue weighted by Gasteiger charge is -2.11. The molecule has 0 aromatic carbocycles. The van der Waals surface area contributed by atoms with Crippen molar-refractivity contribution in [2.45, 2.75) is 25.9 Å². The molecule has 1 N–H and O–H groups in total. The van der Waals surface area contributed by atoms with Crippen LogP contribution in [-0.2, 0) is 13.6 Å². The van der Waals surface area contributed by atoms with E-state index in [9.17, 15) is 0 Å². The molecule has 0 bridgehead atoms. The number of aromatic nitrogens is 4. The minimum absolute atomic E-state index is 0.161. The van der Waals surface area contributed by atoms with E-state index in [4.69, 9.17) is 0 Å². The molecule has 5 heteroatoms. The van der Waals surface area contributed by atoms with Gasteiger partial charge in [0, 0.05) is 37.1 Å². The lowest BCUT2D eigenvalue weighted by Crippen LogP contribution is -2.16. The first-order chi connectivity index (χ1) is 8.24. The van der Waals surface area contributed by atoms with E-state index in [0.717, 1.165) is 18.5 Å². The monoisotopic (exact) mass is 233 g/mol. The summed E-state index contributed by atoms with van der Waals surface area (Å²) < 4.78 is 3.80. The first-order valence-electron chi connectivity index (χ1n) is 5.92. The van der Waals surface area contributed by atoms with Gasteiger partial charge in [0.1, 0.15) is 0 Å². The van der Waals surface area contributed by atoms with Crippen LogP contribution < -0.4 is 5.32 Å². The molecule has 0 saturated heterocycles. The van der Waals surface area contributed by atoms with Crippen molar-refractivity contribution in [3.05, 3.63) is 35.9 Å². The highest BCUT2D eigenvalue weighted by Crippen LogP contribution is 2.20. The molecule has 92 valence electrons. The van der Waals surface area contributed by atoms with Crippen molar-refractivity contribution in [3.8, 4) is 0 Å². The van der Waals surface area contributed by atoms with Crippen LogP contribution in [-0.4, -0.2) is 26.6 Å². The summed E-state index contributed by atoms with van der Waals surface area (Å²) in [5, 5.41) is 11.9. The Bertz CT molecular complexity index is 471. The summed E-state index contributed by atoms with van der Waals surface area (Å²) in [6.45, 7) is 3.11. The molecule has 1 unspecified atom stereocenters. The van der Waals surface area contributed by atoms with E-state index in [-0.39, 0.29) is 6.04 Å². The molecule has 0 radical (unpaired) electrons. The van der Waals surface area contributed by atoms with Crippen molar-refractivity contribution >= 4 is 0 Å². The van der Waals surface area contributed by atoms with Crippen molar-refractivity contribution in [2.24, 2.45) is 7.05 Å². The Balaban J connectivity index is 2.22. The molecule has 2 aromatic rings. The maximum Gasteiger partial charge on any atom is 0.0636 e. The van der Waals surface area contributed by atoms with Crippen LogP contribution in [0.1, 0.15) is 30.5 Å². The van der Waals surface area contributed by atoms with Gasteiger partial charge < -0.3 is 5.32 Å². The minimum Gasteiger partial charge on any atom is -0.309 e. The molecule has 5 nitrogen and oxygen atoms in total. The second-order valence-electron chi connectivity index (χ2n) is 4.21. The average molecular weight is 233 g/mol. The number of aryl methyl sites for hydroxylation is 2. The molecule has 0 saturated carbocycles. The number of rotatable bonds is 5. The summed E-state index contributed by atoms with van der Waals surface area (Å²) in [6, 6.07) is 0.161. The highest BCUT2D eigenvalue weighted by Gasteiger charge is 2.15. The first kappa shape index (κ1) is 11.9. The summed E-state index contributed by atoms with van der Waals surface area (Å²) in [5.41, 5.74) is 2.33. The third-order valence-electron chi connectivity index (χ3n) is 2.79. The average Bonchev–Trinajstić information content (AvgIpc) is 2.91. The van der Waals surface area contributed by atoms with Gasteiger partial charge in [-0.25, -0.2) is 0 Å². The van der Waals surface area contributed by atoms with Gasteiger partial charge in [-0.2, -0.15) is 10.2 Å². The van der Waals surface area contributed by atoms with E-state index in [1.165, 1.54) is 5.56 Å². The zero-order valence-electron chi connectivity index (χ0n) is 10.6. The number of nitrogens with zero attached hydrogens (tertiary/aromatic N) is 4. The Morgan fingerprint density at radius 2 is 1.94 bits per heavy atom. The maximum absolute atomic E-state index is 4.36. The first-order valence-corrected chi connectivity index (χ1v) is 5.92. The molecule has 0 amide bonds. The lowest BCUT2D eigenvalue weighted by molar-refractivity contribution is 0.600. The fraction of sp³-hybridized carbons (Fsp3) is 0.500. The van der Waals surface area contributed by atoms with Crippen molar-refractivity contribution in [1.29, 1.82) is 0 Å². The van der Waals surface area contributed by atoms with E-state index in [1.54, 1.807) is 0 Å². The van der Waals surface area contributed by atoms with Crippen LogP contribution in [0.25, 0.3) is 0 Å². The van der Waals surface area contributed by atoms with Gasteiger partial charge in [0.15, 0.2) is 0 Å². The Labute approximate surface area is 101 Å². The quantitative estimate of drug-likeness (QED) is 0.847. The van der Waals surface area contributed by atoms with Crippen LogP contribution in [0.15, 0.2) is 24.8 Å². The lowest BCUT2D eigenvalue weighted by atomic mass is 10.1. The van der Waals surface area contributed by atoms with Crippen LogP contribution in [0.4, 0.5) is 0 Å². The van der Waals surface area contributed by atoms with Gasteiger partial charge in [-0.1, -0.05) is 6.92 Å². The van der Waals surface area contributed by atoms with Gasteiger partial charge >= 0.3 is 0 Å². The summed E-state index contributed by atoms with van der Waals surface area (Å²) in [4.78, 5) is 0. The molecule has 0 aliphatic heterocycles. The molecule has 2 aromatic heterocycles. The Hall–Kier alpha value is -1.62. The predicted octanol–water partition coefficient (Wildman–Crippen LogP) is 1.34. The van der Waals surface area contributed by atoms with Crippen molar-refractivity contribution < 1.29 is 0 Å². The van der Waals surface area contributed by atoms with Crippen molar-refractivity contribution in [3.63, 3.8) is 0 Å². The third-order valence-corrected chi connectivity index (χ3v) is 2.79. The number of nitrogens with one attached hydrogen (secondary N) is 1. The molecular weight excluding hydrogens is 214 g/mol. The second kappa shape index (κ2) is 5.14. The Morgan fingerprint density at radius 3 is 2.53 bits per heavy atom. The van der Waals surface area contributed by atoms with Gasteiger partial charge in [-0.05, 0) is 13.5 Å². The van der Waals surface area contributed by atoms with Crippen LogP contribution in [0.3, 0.4) is 0 Å². The van der Waals surface area contributed by atoms with E-state index < -0.39 is 0 Å². The summed E-state index contributed by atoms with van der Waals surface area (Å²) >= 11 is 0. The van der Waals surface area contributed by atoms with Crippen molar-refractivity contribution in [2.75, 3.05) is 7.05 Å². The summed E-state index contributed by atoms with van der Waals surface area (Å²) in [6.07, 6.45) is 9.02. The van der Waals surface area contributed by atoms with E-state index in [2.05, 4.69) is 28.6 Å².